The maximum absolute atomic E-state index is 12.9. The zero-order valence-electron chi connectivity index (χ0n) is 15.6. The van der Waals surface area contributed by atoms with Crippen molar-refractivity contribution in [3.05, 3.63) is 70.8 Å². The van der Waals surface area contributed by atoms with Gasteiger partial charge in [0.15, 0.2) is 0 Å². The summed E-state index contributed by atoms with van der Waals surface area (Å²) < 4.78 is 38.1. The summed E-state index contributed by atoms with van der Waals surface area (Å²) in [5.74, 6) is -0.0638. The second-order valence-corrected chi connectivity index (χ2v) is 7.33. The average Bonchev–Trinajstić information content (AvgIpc) is 3.11. The van der Waals surface area contributed by atoms with Crippen LogP contribution >= 0.6 is 0 Å². The Balaban J connectivity index is 1.70. The van der Waals surface area contributed by atoms with Crippen LogP contribution in [0.3, 0.4) is 0 Å². The Morgan fingerprint density at radius 1 is 1.15 bits per heavy atom. The summed E-state index contributed by atoms with van der Waals surface area (Å²) in [4.78, 5) is 14.8. The molecule has 1 fully saturated rings. The Hall–Kier alpha value is -2.30. The lowest BCUT2D eigenvalue weighted by molar-refractivity contribution is -0.137. The lowest BCUT2D eigenvalue weighted by Gasteiger charge is -2.27. The van der Waals surface area contributed by atoms with Gasteiger partial charge in [-0.25, -0.2) is 0 Å². The molecule has 0 aliphatic carbocycles. The normalized spacial score (nSPS) is 18.6. The van der Waals surface area contributed by atoms with Crippen molar-refractivity contribution in [2.75, 3.05) is 6.54 Å². The second kappa shape index (κ2) is 7.75. The van der Waals surface area contributed by atoms with Crippen molar-refractivity contribution in [1.82, 2.24) is 4.90 Å². The van der Waals surface area contributed by atoms with Gasteiger partial charge in [-0.3, -0.25) is 4.79 Å². The molecule has 2 atom stereocenters. The van der Waals surface area contributed by atoms with E-state index < -0.39 is 11.7 Å². The monoisotopic (exact) mass is 375 g/mol. The van der Waals surface area contributed by atoms with E-state index in [1.807, 2.05) is 24.0 Å². The number of halogens is 3. The highest BCUT2D eigenvalue weighted by Crippen LogP contribution is 2.35. The number of hydrogen-bond acceptors (Lipinski definition) is 1. The van der Waals surface area contributed by atoms with Crippen molar-refractivity contribution >= 4 is 5.91 Å². The average molecular weight is 375 g/mol. The molecule has 2 aromatic rings. The summed E-state index contributed by atoms with van der Waals surface area (Å²) in [7, 11) is 0. The minimum atomic E-state index is -4.34. The van der Waals surface area contributed by atoms with E-state index in [1.165, 1.54) is 23.3 Å². The van der Waals surface area contributed by atoms with Crippen LogP contribution in [0.2, 0.25) is 0 Å². The number of alkyl halides is 3. The number of aryl methyl sites for hydroxylation is 1. The van der Waals surface area contributed by atoms with E-state index >= 15 is 0 Å². The largest absolute Gasteiger partial charge is 0.416 e. The molecule has 1 saturated heterocycles. The van der Waals surface area contributed by atoms with Gasteiger partial charge in [0.25, 0.3) is 0 Å². The minimum absolute atomic E-state index is 0.0631. The van der Waals surface area contributed by atoms with Gasteiger partial charge in [-0.15, -0.1) is 0 Å². The third kappa shape index (κ3) is 4.34. The Morgan fingerprint density at radius 2 is 1.81 bits per heavy atom. The predicted molar refractivity (Wildman–Crippen MR) is 99.3 cm³/mol. The van der Waals surface area contributed by atoms with Crippen LogP contribution in [-0.4, -0.2) is 17.4 Å². The van der Waals surface area contributed by atoms with Crippen LogP contribution in [0.1, 0.15) is 60.4 Å². The number of carbonyl (C=O) groups excluding carboxylic acids is 1. The molecule has 2 aromatic carbocycles. The van der Waals surface area contributed by atoms with Crippen LogP contribution in [0.4, 0.5) is 13.2 Å². The quantitative estimate of drug-likeness (QED) is 0.654. The molecule has 5 heteroatoms. The first-order chi connectivity index (χ1) is 12.8. The zero-order valence-corrected chi connectivity index (χ0v) is 15.6. The van der Waals surface area contributed by atoms with Crippen molar-refractivity contribution in [2.24, 2.45) is 0 Å². The molecular formula is C22H24F3NO. The van der Waals surface area contributed by atoms with Crippen molar-refractivity contribution in [1.29, 1.82) is 0 Å². The van der Waals surface area contributed by atoms with Gasteiger partial charge in [-0.1, -0.05) is 43.3 Å². The molecule has 2 nitrogen and oxygen atoms in total. The van der Waals surface area contributed by atoms with Crippen LogP contribution in [0, 0.1) is 6.92 Å². The lowest BCUT2D eigenvalue weighted by Crippen LogP contribution is -2.31. The fourth-order valence-electron chi connectivity index (χ4n) is 3.85. The van der Waals surface area contributed by atoms with E-state index in [0.29, 0.717) is 6.42 Å². The summed E-state index contributed by atoms with van der Waals surface area (Å²) in [5.41, 5.74) is 2.45. The highest BCUT2D eigenvalue weighted by atomic mass is 19.4. The van der Waals surface area contributed by atoms with Gasteiger partial charge < -0.3 is 4.90 Å². The van der Waals surface area contributed by atoms with Gasteiger partial charge in [-0.2, -0.15) is 13.2 Å². The highest BCUT2D eigenvalue weighted by Gasteiger charge is 2.32. The van der Waals surface area contributed by atoms with Crippen LogP contribution in [-0.2, 0) is 11.0 Å². The number of amides is 1. The predicted octanol–water partition coefficient (Wildman–Crippen LogP) is 5.87. The molecule has 27 heavy (non-hydrogen) atoms. The van der Waals surface area contributed by atoms with E-state index in [9.17, 15) is 18.0 Å². The molecule has 1 aliphatic rings. The molecule has 0 spiro atoms. The third-order valence-corrected chi connectivity index (χ3v) is 5.41. The molecule has 0 radical (unpaired) electrons. The van der Waals surface area contributed by atoms with E-state index in [1.54, 1.807) is 0 Å². The van der Waals surface area contributed by atoms with Crippen molar-refractivity contribution < 1.29 is 18.0 Å². The first-order valence-corrected chi connectivity index (χ1v) is 9.29. The number of likely N-dealkylation sites (tertiary alicyclic amines) is 1. The summed E-state index contributed by atoms with van der Waals surface area (Å²) in [6.07, 6.45) is -2.12. The molecule has 0 N–H and O–H groups in total. The molecule has 0 saturated carbocycles. The van der Waals surface area contributed by atoms with Gasteiger partial charge in [-0.05, 0) is 54.5 Å². The summed E-state index contributed by atoms with van der Waals surface area (Å²) >= 11 is 0. The lowest BCUT2D eigenvalue weighted by atomic mass is 9.95. The van der Waals surface area contributed by atoms with Crippen LogP contribution < -0.4 is 0 Å². The molecule has 1 amide bonds. The Morgan fingerprint density at radius 3 is 2.44 bits per heavy atom. The molecule has 1 heterocycles. The first-order valence-electron chi connectivity index (χ1n) is 9.29. The zero-order chi connectivity index (χ0) is 19.6. The van der Waals surface area contributed by atoms with Gasteiger partial charge >= 0.3 is 6.18 Å². The molecule has 2 unspecified atom stereocenters. The Bertz CT molecular complexity index is 798. The Labute approximate surface area is 158 Å². The summed E-state index contributed by atoms with van der Waals surface area (Å²) in [5, 5.41) is 0. The molecule has 1 aliphatic heterocycles. The topological polar surface area (TPSA) is 20.3 Å². The van der Waals surface area contributed by atoms with Gasteiger partial charge in [0.05, 0.1) is 11.6 Å². The smallest absolute Gasteiger partial charge is 0.336 e. The summed E-state index contributed by atoms with van der Waals surface area (Å²) in [6, 6.07) is 13.3. The standard InChI is InChI=1S/C22H24F3NO/c1-15-6-3-4-7-19(15)20-8-5-13-26(20)21(27)14-16(2)17-9-11-18(12-10-17)22(23,24)25/h3-4,6-7,9-12,16,20H,5,8,13-14H2,1-2H3. The summed E-state index contributed by atoms with van der Waals surface area (Å²) in [6.45, 7) is 4.68. The molecule has 144 valence electrons. The van der Waals surface area contributed by atoms with Crippen molar-refractivity contribution in [2.45, 2.75) is 51.2 Å². The Kier molecular flexibility index (Phi) is 5.59. The maximum Gasteiger partial charge on any atom is 0.416 e. The number of carbonyl (C=O) groups is 1. The first kappa shape index (κ1) is 19.5. The molecule has 0 aromatic heterocycles. The van der Waals surface area contributed by atoms with E-state index in [-0.39, 0.29) is 17.9 Å². The molecule has 0 bridgehead atoms. The number of hydrogen-bond donors (Lipinski definition) is 0. The highest BCUT2D eigenvalue weighted by molar-refractivity contribution is 5.78. The SMILES string of the molecule is Cc1ccccc1C1CCCN1C(=O)CC(C)c1ccc(C(F)(F)F)cc1. The third-order valence-electron chi connectivity index (χ3n) is 5.41. The minimum Gasteiger partial charge on any atom is -0.336 e. The van der Waals surface area contributed by atoms with Gasteiger partial charge in [0, 0.05) is 13.0 Å². The molecule has 3 rings (SSSR count). The maximum atomic E-state index is 12.9. The number of benzene rings is 2. The fourth-order valence-corrected chi connectivity index (χ4v) is 3.85. The van der Waals surface area contributed by atoms with E-state index in [2.05, 4.69) is 19.1 Å². The number of rotatable bonds is 4. The van der Waals surface area contributed by atoms with Crippen LogP contribution in [0.15, 0.2) is 48.5 Å². The van der Waals surface area contributed by atoms with Gasteiger partial charge in [0.1, 0.15) is 0 Å². The van der Waals surface area contributed by atoms with E-state index in [4.69, 9.17) is 0 Å². The van der Waals surface area contributed by atoms with Gasteiger partial charge in [0.2, 0.25) is 5.91 Å². The van der Waals surface area contributed by atoms with Crippen molar-refractivity contribution in [3.63, 3.8) is 0 Å². The fraction of sp³-hybridized carbons (Fsp3) is 0.409. The van der Waals surface area contributed by atoms with Crippen LogP contribution in [0.25, 0.3) is 0 Å². The number of nitrogens with zero attached hydrogens (tertiary/aromatic N) is 1. The van der Waals surface area contributed by atoms with Crippen molar-refractivity contribution in [3.8, 4) is 0 Å². The molecular weight excluding hydrogens is 351 g/mol. The second-order valence-electron chi connectivity index (χ2n) is 7.33. The van der Waals surface area contributed by atoms with Crippen LogP contribution in [0.5, 0.6) is 0 Å². The van der Waals surface area contributed by atoms with E-state index in [0.717, 1.165) is 37.1 Å².